The summed E-state index contributed by atoms with van der Waals surface area (Å²) in [4.78, 5) is 1.73. The van der Waals surface area contributed by atoms with Crippen molar-refractivity contribution < 1.29 is 0 Å². The van der Waals surface area contributed by atoms with E-state index in [1.165, 1.54) is 44.3 Å². The molecule has 0 spiro atoms. The SMILES string of the molecule is CCCC/C(CC)=C1/CCCS1. The molecule has 1 rings (SSSR count). The molecule has 1 heteroatoms. The van der Waals surface area contributed by atoms with Crippen molar-refractivity contribution in [1.29, 1.82) is 0 Å². The van der Waals surface area contributed by atoms with E-state index in [2.05, 4.69) is 25.6 Å². The number of allylic oxidation sites excluding steroid dienone is 2. The third-order valence-corrected chi connectivity index (χ3v) is 3.81. The highest BCUT2D eigenvalue weighted by molar-refractivity contribution is 8.03. The zero-order valence-corrected chi connectivity index (χ0v) is 9.17. The molecule has 1 fully saturated rings. The van der Waals surface area contributed by atoms with Crippen LogP contribution >= 0.6 is 11.8 Å². The Morgan fingerprint density at radius 2 is 2.25 bits per heavy atom. The van der Waals surface area contributed by atoms with Crippen LogP contribution in [0, 0.1) is 0 Å². The van der Waals surface area contributed by atoms with Crippen LogP contribution in [0.5, 0.6) is 0 Å². The zero-order chi connectivity index (χ0) is 8.81. The van der Waals surface area contributed by atoms with E-state index in [9.17, 15) is 0 Å². The molecule has 1 saturated heterocycles. The number of hydrogen-bond acceptors (Lipinski definition) is 1. The maximum Gasteiger partial charge on any atom is -0.00199 e. The fraction of sp³-hybridized carbons (Fsp3) is 0.818. The van der Waals surface area contributed by atoms with Crippen LogP contribution in [0.2, 0.25) is 0 Å². The van der Waals surface area contributed by atoms with Gasteiger partial charge < -0.3 is 0 Å². The Kier molecular flexibility index (Phi) is 4.82. The molecule has 0 unspecified atom stereocenters. The van der Waals surface area contributed by atoms with Crippen LogP contribution in [-0.4, -0.2) is 5.75 Å². The van der Waals surface area contributed by atoms with Crippen molar-refractivity contribution in [3.8, 4) is 0 Å². The molecule has 70 valence electrons. The van der Waals surface area contributed by atoms with E-state index in [-0.39, 0.29) is 0 Å². The topological polar surface area (TPSA) is 0 Å². The average molecular weight is 184 g/mol. The highest BCUT2D eigenvalue weighted by Crippen LogP contribution is 2.35. The lowest BCUT2D eigenvalue weighted by molar-refractivity contribution is 0.758. The summed E-state index contributed by atoms with van der Waals surface area (Å²) in [6.07, 6.45) is 8.14. The minimum absolute atomic E-state index is 1.28. The second-order valence-corrected chi connectivity index (χ2v) is 4.63. The summed E-state index contributed by atoms with van der Waals surface area (Å²) in [7, 11) is 0. The molecule has 0 aromatic carbocycles. The van der Waals surface area contributed by atoms with Crippen LogP contribution in [0.1, 0.15) is 52.4 Å². The highest BCUT2D eigenvalue weighted by atomic mass is 32.2. The average Bonchev–Trinajstić information content (AvgIpc) is 2.59. The molecule has 1 aliphatic heterocycles. The molecule has 0 radical (unpaired) electrons. The first-order chi connectivity index (χ1) is 5.88. The summed E-state index contributed by atoms with van der Waals surface area (Å²) in [6, 6.07) is 0. The van der Waals surface area contributed by atoms with Crippen LogP contribution in [-0.2, 0) is 0 Å². The third kappa shape index (κ3) is 2.85. The molecule has 0 saturated carbocycles. The standard InChI is InChI=1S/C11H20S/c1-3-5-7-10(4-2)11-8-6-9-12-11/h3-9H2,1-2H3/b11-10-. The fourth-order valence-electron chi connectivity index (χ4n) is 1.68. The van der Waals surface area contributed by atoms with Crippen molar-refractivity contribution >= 4 is 11.8 Å². The lowest BCUT2D eigenvalue weighted by Gasteiger charge is -2.07. The van der Waals surface area contributed by atoms with Gasteiger partial charge in [-0.15, -0.1) is 11.8 Å². The van der Waals surface area contributed by atoms with Crippen LogP contribution in [0.3, 0.4) is 0 Å². The van der Waals surface area contributed by atoms with Gasteiger partial charge in [-0.1, -0.05) is 25.8 Å². The van der Waals surface area contributed by atoms with Gasteiger partial charge in [-0.05, 0) is 42.8 Å². The van der Waals surface area contributed by atoms with Crippen LogP contribution < -0.4 is 0 Å². The molecule has 0 amide bonds. The Hall–Kier alpha value is 0.0900. The summed E-state index contributed by atoms with van der Waals surface area (Å²) in [5.41, 5.74) is 1.75. The van der Waals surface area contributed by atoms with E-state index in [1.54, 1.807) is 10.5 Å². The number of unbranched alkanes of at least 4 members (excludes halogenated alkanes) is 1. The third-order valence-electron chi connectivity index (χ3n) is 2.48. The number of thioether (sulfide) groups is 1. The normalized spacial score (nSPS) is 21.5. The van der Waals surface area contributed by atoms with Gasteiger partial charge in [0.1, 0.15) is 0 Å². The summed E-state index contributed by atoms with van der Waals surface area (Å²) in [6.45, 7) is 4.58. The number of rotatable bonds is 4. The molecule has 0 bridgehead atoms. The largest absolute Gasteiger partial charge is 0.131 e. The summed E-state index contributed by atoms with van der Waals surface area (Å²) in [5, 5.41) is 0. The van der Waals surface area contributed by atoms with Gasteiger partial charge in [0.15, 0.2) is 0 Å². The lowest BCUT2D eigenvalue weighted by Crippen LogP contribution is -1.85. The van der Waals surface area contributed by atoms with Crippen molar-refractivity contribution in [2.45, 2.75) is 52.4 Å². The van der Waals surface area contributed by atoms with E-state index in [0.717, 1.165) is 0 Å². The van der Waals surface area contributed by atoms with Gasteiger partial charge in [-0.3, -0.25) is 0 Å². The van der Waals surface area contributed by atoms with Gasteiger partial charge in [0, 0.05) is 0 Å². The van der Waals surface area contributed by atoms with Gasteiger partial charge >= 0.3 is 0 Å². The van der Waals surface area contributed by atoms with Gasteiger partial charge in [-0.25, -0.2) is 0 Å². The Labute approximate surface area is 80.8 Å². The molecule has 1 aliphatic rings. The number of hydrogen-bond donors (Lipinski definition) is 0. The van der Waals surface area contributed by atoms with Crippen LogP contribution in [0.4, 0.5) is 0 Å². The van der Waals surface area contributed by atoms with Crippen LogP contribution in [0.15, 0.2) is 10.5 Å². The smallest absolute Gasteiger partial charge is 0.00199 e. The Morgan fingerprint density at radius 1 is 1.42 bits per heavy atom. The summed E-state index contributed by atoms with van der Waals surface area (Å²) in [5.74, 6) is 1.37. The van der Waals surface area contributed by atoms with Crippen molar-refractivity contribution in [2.75, 3.05) is 5.75 Å². The molecular formula is C11H20S. The van der Waals surface area contributed by atoms with Crippen molar-refractivity contribution in [1.82, 2.24) is 0 Å². The van der Waals surface area contributed by atoms with E-state index in [4.69, 9.17) is 0 Å². The lowest BCUT2D eigenvalue weighted by atomic mass is 10.0. The zero-order valence-electron chi connectivity index (χ0n) is 8.36. The molecule has 0 N–H and O–H groups in total. The van der Waals surface area contributed by atoms with Gasteiger partial charge in [0.2, 0.25) is 0 Å². The first-order valence-electron chi connectivity index (χ1n) is 5.22. The van der Waals surface area contributed by atoms with Crippen molar-refractivity contribution in [3.63, 3.8) is 0 Å². The maximum atomic E-state index is 2.30. The predicted molar refractivity (Wildman–Crippen MR) is 58.5 cm³/mol. The first-order valence-corrected chi connectivity index (χ1v) is 6.20. The first kappa shape index (κ1) is 10.2. The molecule has 0 aromatic rings. The van der Waals surface area contributed by atoms with Crippen LogP contribution in [0.25, 0.3) is 0 Å². The quantitative estimate of drug-likeness (QED) is 0.625. The van der Waals surface area contributed by atoms with Gasteiger partial charge in [0.05, 0.1) is 0 Å². The predicted octanol–water partition coefficient (Wildman–Crippen LogP) is 4.37. The van der Waals surface area contributed by atoms with E-state index >= 15 is 0 Å². The Morgan fingerprint density at radius 3 is 2.75 bits per heavy atom. The molecule has 0 atom stereocenters. The van der Waals surface area contributed by atoms with Gasteiger partial charge in [0.25, 0.3) is 0 Å². The monoisotopic (exact) mass is 184 g/mol. The Bertz CT molecular complexity index is 150. The maximum absolute atomic E-state index is 2.30. The highest BCUT2D eigenvalue weighted by Gasteiger charge is 2.11. The molecule has 0 nitrogen and oxygen atoms in total. The summed E-state index contributed by atoms with van der Waals surface area (Å²) >= 11 is 2.11. The summed E-state index contributed by atoms with van der Waals surface area (Å²) < 4.78 is 0. The second kappa shape index (κ2) is 5.69. The minimum atomic E-state index is 1.28. The van der Waals surface area contributed by atoms with E-state index < -0.39 is 0 Å². The fourth-order valence-corrected chi connectivity index (χ4v) is 2.96. The molecule has 0 aromatic heterocycles. The van der Waals surface area contributed by atoms with Crippen molar-refractivity contribution in [2.24, 2.45) is 0 Å². The minimum Gasteiger partial charge on any atom is -0.131 e. The molecule has 12 heavy (non-hydrogen) atoms. The Balaban J connectivity index is 2.46. The second-order valence-electron chi connectivity index (χ2n) is 3.44. The molecule has 1 heterocycles. The van der Waals surface area contributed by atoms with E-state index in [1.807, 2.05) is 0 Å². The van der Waals surface area contributed by atoms with Crippen molar-refractivity contribution in [3.05, 3.63) is 10.5 Å². The van der Waals surface area contributed by atoms with Gasteiger partial charge in [-0.2, -0.15) is 0 Å². The van der Waals surface area contributed by atoms with E-state index in [0.29, 0.717) is 0 Å². The molecular weight excluding hydrogens is 164 g/mol. The molecule has 0 aliphatic carbocycles.